The van der Waals surface area contributed by atoms with Gasteiger partial charge in [0.15, 0.2) is 5.78 Å². The van der Waals surface area contributed by atoms with Crippen LogP contribution < -0.4 is 0 Å². The lowest BCUT2D eigenvalue weighted by atomic mass is 9.89. The highest BCUT2D eigenvalue weighted by Crippen LogP contribution is 2.18. The van der Waals surface area contributed by atoms with Crippen molar-refractivity contribution in [1.29, 1.82) is 0 Å². The van der Waals surface area contributed by atoms with E-state index in [1.54, 1.807) is 0 Å². The van der Waals surface area contributed by atoms with Crippen LogP contribution in [0.2, 0.25) is 0 Å². The van der Waals surface area contributed by atoms with E-state index in [1.807, 2.05) is 26.8 Å². The SMILES string of the molecule is Cc1cc(C(=O)C(C)C(C)C)c(C)nn1. The monoisotopic (exact) mass is 206 g/mol. The number of Topliss-reactive ketones (excluding diaryl/α,β-unsaturated/α-hetero) is 1. The second kappa shape index (κ2) is 4.51. The Balaban J connectivity index is 3.05. The molecule has 0 saturated heterocycles. The minimum Gasteiger partial charge on any atom is -0.294 e. The van der Waals surface area contributed by atoms with E-state index in [4.69, 9.17) is 0 Å². The van der Waals surface area contributed by atoms with E-state index in [0.29, 0.717) is 11.5 Å². The van der Waals surface area contributed by atoms with Gasteiger partial charge in [-0.05, 0) is 25.8 Å². The third-order valence-electron chi connectivity index (χ3n) is 2.78. The fourth-order valence-corrected chi connectivity index (χ4v) is 1.35. The molecule has 3 nitrogen and oxygen atoms in total. The fraction of sp³-hybridized carbons (Fsp3) is 0.583. The molecule has 1 rings (SSSR count). The Kier molecular flexibility index (Phi) is 3.56. The average molecular weight is 206 g/mol. The van der Waals surface area contributed by atoms with Gasteiger partial charge < -0.3 is 0 Å². The Bertz CT molecular complexity index is 372. The van der Waals surface area contributed by atoms with Crippen molar-refractivity contribution >= 4 is 5.78 Å². The predicted octanol–water partition coefficient (Wildman–Crippen LogP) is 2.57. The van der Waals surface area contributed by atoms with Crippen molar-refractivity contribution in [2.24, 2.45) is 11.8 Å². The first kappa shape index (κ1) is 11.8. The summed E-state index contributed by atoms with van der Waals surface area (Å²) < 4.78 is 0. The molecule has 3 heteroatoms. The Morgan fingerprint density at radius 2 is 1.80 bits per heavy atom. The number of ketones is 1. The molecule has 1 aromatic rings. The standard InChI is InChI=1S/C12H18N2O/c1-7(2)9(4)12(15)11-6-8(3)13-14-10(11)5/h6-7,9H,1-5H3. The molecule has 0 aliphatic carbocycles. The summed E-state index contributed by atoms with van der Waals surface area (Å²) in [6.07, 6.45) is 0. The largest absolute Gasteiger partial charge is 0.294 e. The van der Waals surface area contributed by atoms with Gasteiger partial charge in [0.25, 0.3) is 0 Å². The Labute approximate surface area is 90.9 Å². The van der Waals surface area contributed by atoms with Gasteiger partial charge in [0.1, 0.15) is 0 Å². The predicted molar refractivity (Wildman–Crippen MR) is 59.8 cm³/mol. The van der Waals surface area contributed by atoms with Gasteiger partial charge in [-0.2, -0.15) is 10.2 Å². The summed E-state index contributed by atoms with van der Waals surface area (Å²) in [5.41, 5.74) is 2.22. The van der Waals surface area contributed by atoms with Gasteiger partial charge in [0.05, 0.1) is 11.4 Å². The van der Waals surface area contributed by atoms with Crippen LogP contribution >= 0.6 is 0 Å². The summed E-state index contributed by atoms with van der Waals surface area (Å²) in [6.45, 7) is 9.75. The zero-order valence-corrected chi connectivity index (χ0v) is 10.0. The highest BCUT2D eigenvalue weighted by molar-refractivity contribution is 5.98. The maximum Gasteiger partial charge on any atom is 0.167 e. The molecule has 1 aromatic heterocycles. The number of hydrogen-bond donors (Lipinski definition) is 0. The first-order valence-electron chi connectivity index (χ1n) is 5.28. The molecule has 0 fully saturated rings. The molecule has 0 saturated carbocycles. The van der Waals surface area contributed by atoms with Crippen molar-refractivity contribution in [1.82, 2.24) is 10.2 Å². The number of nitrogens with zero attached hydrogens (tertiary/aromatic N) is 2. The van der Waals surface area contributed by atoms with Crippen LogP contribution in [0.3, 0.4) is 0 Å². The smallest absolute Gasteiger partial charge is 0.167 e. The van der Waals surface area contributed by atoms with Crippen molar-refractivity contribution in [3.8, 4) is 0 Å². The Morgan fingerprint density at radius 3 is 2.33 bits per heavy atom. The van der Waals surface area contributed by atoms with E-state index >= 15 is 0 Å². The second-order valence-corrected chi connectivity index (χ2v) is 4.38. The van der Waals surface area contributed by atoms with Gasteiger partial charge in [-0.25, -0.2) is 0 Å². The van der Waals surface area contributed by atoms with Crippen LogP contribution in [-0.4, -0.2) is 16.0 Å². The summed E-state index contributed by atoms with van der Waals surface area (Å²) in [7, 11) is 0. The van der Waals surface area contributed by atoms with Crippen LogP contribution in [-0.2, 0) is 0 Å². The van der Waals surface area contributed by atoms with E-state index < -0.39 is 0 Å². The van der Waals surface area contributed by atoms with Crippen LogP contribution in [0.1, 0.15) is 42.5 Å². The molecule has 0 aliphatic rings. The fourth-order valence-electron chi connectivity index (χ4n) is 1.35. The third-order valence-corrected chi connectivity index (χ3v) is 2.78. The molecular formula is C12H18N2O. The number of hydrogen-bond acceptors (Lipinski definition) is 3. The molecule has 0 radical (unpaired) electrons. The van der Waals surface area contributed by atoms with Crippen molar-refractivity contribution < 1.29 is 4.79 Å². The van der Waals surface area contributed by atoms with Crippen molar-refractivity contribution in [2.75, 3.05) is 0 Å². The van der Waals surface area contributed by atoms with E-state index in [2.05, 4.69) is 24.0 Å². The Morgan fingerprint density at radius 1 is 1.20 bits per heavy atom. The van der Waals surface area contributed by atoms with E-state index in [1.165, 1.54) is 0 Å². The van der Waals surface area contributed by atoms with Crippen LogP contribution in [0.4, 0.5) is 0 Å². The zero-order valence-electron chi connectivity index (χ0n) is 10.0. The van der Waals surface area contributed by atoms with Crippen molar-refractivity contribution in [3.63, 3.8) is 0 Å². The molecule has 1 heterocycles. The van der Waals surface area contributed by atoms with Gasteiger partial charge >= 0.3 is 0 Å². The number of rotatable bonds is 3. The summed E-state index contributed by atoms with van der Waals surface area (Å²) in [5, 5.41) is 7.89. The molecule has 0 aliphatic heterocycles. The first-order valence-corrected chi connectivity index (χ1v) is 5.28. The van der Waals surface area contributed by atoms with Crippen molar-refractivity contribution in [3.05, 3.63) is 23.0 Å². The Hall–Kier alpha value is -1.25. The lowest BCUT2D eigenvalue weighted by Gasteiger charge is -2.15. The topological polar surface area (TPSA) is 42.9 Å². The van der Waals surface area contributed by atoms with Crippen molar-refractivity contribution in [2.45, 2.75) is 34.6 Å². The summed E-state index contributed by atoms with van der Waals surface area (Å²) in [5.74, 6) is 0.554. The molecule has 15 heavy (non-hydrogen) atoms. The molecule has 0 N–H and O–H groups in total. The van der Waals surface area contributed by atoms with E-state index in [0.717, 1.165) is 11.4 Å². The van der Waals surface area contributed by atoms with Crippen LogP contribution in [0.25, 0.3) is 0 Å². The molecule has 0 amide bonds. The number of aromatic nitrogens is 2. The normalized spacial score (nSPS) is 12.9. The van der Waals surface area contributed by atoms with Gasteiger partial charge in [-0.3, -0.25) is 4.79 Å². The minimum atomic E-state index is 0.0345. The highest BCUT2D eigenvalue weighted by atomic mass is 16.1. The molecule has 0 spiro atoms. The maximum absolute atomic E-state index is 12.1. The molecule has 1 atom stereocenters. The molecule has 0 bridgehead atoms. The third kappa shape index (κ3) is 2.61. The van der Waals surface area contributed by atoms with Gasteiger partial charge in [-0.15, -0.1) is 0 Å². The number of carbonyl (C=O) groups excluding carboxylic acids is 1. The summed E-state index contributed by atoms with van der Waals surface area (Å²) >= 11 is 0. The summed E-state index contributed by atoms with van der Waals surface area (Å²) in [6, 6.07) is 1.82. The van der Waals surface area contributed by atoms with Crippen LogP contribution in [0, 0.1) is 25.7 Å². The summed E-state index contributed by atoms with van der Waals surface area (Å²) in [4.78, 5) is 12.1. The second-order valence-electron chi connectivity index (χ2n) is 4.38. The van der Waals surface area contributed by atoms with E-state index in [9.17, 15) is 4.79 Å². The lowest BCUT2D eigenvalue weighted by molar-refractivity contribution is 0.0898. The first-order chi connectivity index (χ1) is 6.93. The maximum atomic E-state index is 12.1. The number of carbonyl (C=O) groups is 1. The number of aryl methyl sites for hydroxylation is 2. The van der Waals surface area contributed by atoms with Gasteiger partial charge in [-0.1, -0.05) is 20.8 Å². The quantitative estimate of drug-likeness (QED) is 0.714. The minimum absolute atomic E-state index is 0.0345. The highest BCUT2D eigenvalue weighted by Gasteiger charge is 2.20. The van der Waals surface area contributed by atoms with Crippen LogP contribution in [0.15, 0.2) is 6.07 Å². The van der Waals surface area contributed by atoms with E-state index in [-0.39, 0.29) is 11.7 Å². The lowest BCUT2D eigenvalue weighted by Crippen LogP contribution is -2.19. The molecular weight excluding hydrogens is 188 g/mol. The van der Waals surface area contributed by atoms with Gasteiger partial charge in [0.2, 0.25) is 0 Å². The molecule has 1 unspecified atom stereocenters. The average Bonchev–Trinajstić information content (AvgIpc) is 2.19. The molecule has 82 valence electrons. The van der Waals surface area contributed by atoms with Gasteiger partial charge in [0, 0.05) is 11.5 Å². The van der Waals surface area contributed by atoms with Crippen LogP contribution in [0.5, 0.6) is 0 Å². The molecule has 0 aromatic carbocycles. The zero-order chi connectivity index (χ0) is 11.6.